The maximum Gasteiger partial charge on any atom is 0.410 e. The van der Waals surface area contributed by atoms with Gasteiger partial charge < -0.3 is 24.4 Å². The molecule has 0 saturated carbocycles. The molecule has 8 nitrogen and oxygen atoms in total. The number of amides is 2. The maximum atomic E-state index is 12.3. The number of nitrogens with one attached hydrogen (secondary N) is 1. The quantitative estimate of drug-likeness (QED) is 0.612. The van der Waals surface area contributed by atoms with E-state index in [0.717, 1.165) is 5.56 Å². The van der Waals surface area contributed by atoms with Gasteiger partial charge in [-0.2, -0.15) is 0 Å². The summed E-state index contributed by atoms with van der Waals surface area (Å²) in [6, 6.07) is 8.64. The van der Waals surface area contributed by atoms with Gasteiger partial charge >= 0.3 is 18.2 Å². The third-order valence-corrected chi connectivity index (χ3v) is 4.08. The van der Waals surface area contributed by atoms with Crippen molar-refractivity contribution in [2.24, 2.45) is 5.92 Å². The summed E-state index contributed by atoms with van der Waals surface area (Å²) in [4.78, 5) is 38.2. The SMILES string of the molecule is CCOC(=O)[C@H]1CN(C(=O)OC(C)(C)C)C[C@H]1NC(=O)OCc1ccccc1. The number of carbonyl (C=O) groups is 3. The minimum atomic E-state index is -0.684. The van der Waals surface area contributed by atoms with Gasteiger partial charge in [-0.3, -0.25) is 4.79 Å². The van der Waals surface area contributed by atoms with Crippen LogP contribution in [0.1, 0.15) is 33.3 Å². The molecule has 0 unspecified atom stereocenters. The van der Waals surface area contributed by atoms with E-state index in [1.807, 2.05) is 30.3 Å². The first-order valence-corrected chi connectivity index (χ1v) is 9.31. The lowest BCUT2D eigenvalue weighted by Gasteiger charge is -2.24. The zero-order valence-corrected chi connectivity index (χ0v) is 16.8. The van der Waals surface area contributed by atoms with Crippen molar-refractivity contribution in [2.45, 2.75) is 45.9 Å². The predicted molar refractivity (Wildman–Crippen MR) is 101 cm³/mol. The van der Waals surface area contributed by atoms with E-state index in [9.17, 15) is 14.4 Å². The van der Waals surface area contributed by atoms with Crippen LogP contribution in [0.3, 0.4) is 0 Å². The monoisotopic (exact) mass is 392 g/mol. The Balaban J connectivity index is 1.98. The molecule has 1 fully saturated rings. The van der Waals surface area contributed by atoms with Gasteiger partial charge in [0.05, 0.1) is 18.6 Å². The number of alkyl carbamates (subject to hydrolysis) is 1. The third kappa shape index (κ3) is 6.44. The van der Waals surface area contributed by atoms with Crippen LogP contribution < -0.4 is 5.32 Å². The number of ether oxygens (including phenoxy) is 3. The summed E-state index contributed by atoms with van der Waals surface area (Å²) in [6.45, 7) is 7.57. The Hall–Kier alpha value is -2.77. The van der Waals surface area contributed by atoms with Crippen molar-refractivity contribution in [3.63, 3.8) is 0 Å². The maximum absolute atomic E-state index is 12.3. The van der Waals surface area contributed by atoms with Crippen molar-refractivity contribution in [3.05, 3.63) is 35.9 Å². The van der Waals surface area contributed by atoms with Crippen LogP contribution >= 0.6 is 0 Å². The molecule has 0 aromatic heterocycles. The Kier molecular flexibility index (Phi) is 7.25. The molecular weight excluding hydrogens is 364 g/mol. The normalized spacial score (nSPS) is 19.1. The fourth-order valence-corrected chi connectivity index (χ4v) is 2.83. The van der Waals surface area contributed by atoms with E-state index in [0.29, 0.717) is 0 Å². The van der Waals surface area contributed by atoms with Gasteiger partial charge in [0, 0.05) is 13.1 Å². The van der Waals surface area contributed by atoms with Gasteiger partial charge in [-0.15, -0.1) is 0 Å². The number of benzene rings is 1. The molecule has 2 atom stereocenters. The lowest BCUT2D eigenvalue weighted by molar-refractivity contribution is -0.148. The summed E-state index contributed by atoms with van der Waals surface area (Å²) in [6.07, 6.45) is -1.20. The number of rotatable bonds is 5. The first kappa shape index (κ1) is 21.5. The van der Waals surface area contributed by atoms with E-state index >= 15 is 0 Å². The van der Waals surface area contributed by atoms with Crippen molar-refractivity contribution in [2.75, 3.05) is 19.7 Å². The van der Waals surface area contributed by atoms with Crippen LogP contribution in [0.25, 0.3) is 0 Å². The molecule has 2 amide bonds. The number of nitrogens with zero attached hydrogens (tertiary/aromatic N) is 1. The molecule has 1 N–H and O–H groups in total. The molecule has 2 rings (SSSR count). The van der Waals surface area contributed by atoms with Crippen molar-refractivity contribution in [1.82, 2.24) is 10.2 Å². The van der Waals surface area contributed by atoms with Crippen LogP contribution in [0.4, 0.5) is 9.59 Å². The molecule has 0 radical (unpaired) electrons. The summed E-state index contributed by atoms with van der Waals surface area (Å²) in [5.41, 5.74) is 0.192. The minimum Gasteiger partial charge on any atom is -0.466 e. The molecule has 1 aromatic carbocycles. The lowest BCUT2D eigenvalue weighted by atomic mass is 10.0. The summed E-state index contributed by atoms with van der Waals surface area (Å²) in [7, 11) is 0. The van der Waals surface area contributed by atoms with E-state index in [-0.39, 0.29) is 26.3 Å². The van der Waals surface area contributed by atoms with Crippen LogP contribution in [-0.4, -0.2) is 54.4 Å². The topological polar surface area (TPSA) is 94.2 Å². The fraction of sp³-hybridized carbons (Fsp3) is 0.550. The molecule has 8 heteroatoms. The molecule has 154 valence electrons. The van der Waals surface area contributed by atoms with E-state index in [1.54, 1.807) is 27.7 Å². The van der Waals surface area contributed by atoms with Crippen molar-refractivity contribution in [1.29, 1.82) is 0 Å². The molecule has 1 saturated heterocycles. The Morgan fingerprint density at radius 3 is 2.39 bits per heavy atom. The molecule has 0 spiro atoms. The highest BCUT2D eigenvalue weighted by Gasteiger charge is 2.42. The predicted octanol–water partition coefficient (Wildman–Crippen LogP) is 2.71. The Bertz CT molecular complexity index is 686. The number of carbonyl (C=O) groups excluding carboxylic acids is 3. The van der Waals surface area contributed by atoms with E-state index in [1.165, 1.54) is 4.90 Å². The summed E-state index contributed by atoms with van der Waals surface area (Å²) in [5.74, 6) is -1.15. The largest absolute Gasteiger partial charge is 0.466 e. The van der Waals surface area contributed by atoms with Crippen molar-refractivity contribution >= 4 is 18.2 Å². The van der Waals surface area contributed by atoms with Crippen molar-refractivity contribution < 1.29 is 28.6 Å². The Morgan fingerprint density at radius 2 is 1.79 bits per heavy atom. The summed E-state index contributed by atoms with van der Waals surface area (Å²) >= 11 is 0. The number of likely N-dealkylation sites (tertiary alicyclic amines) is 1. The third-order valence-electron chi connectivity index (χ3n) is 4.08. The standard InChI is InChI=1S/C20H28N2O6/c1-5-26-17(23)15-11-22(19(25)28-20(2,3)4)12-16(15)21-18(24)27-13-14-9-7-6-8-10-14/h6-10,15-16H,5,11-13H2,1-4H3,(H,21,24)/t15-,16+/m0/s1. The Morgan fingerprint density at radius 1 is 1.11 bits per heavy atom. The lowest BCUT2D eigenvalue weighted by Crippen LogP contribution is -2.44. The summed E-state index contributed by atoms with van der Waals surface area (Å²) in [5, 5.41) is 2.67. The van der Waals surface area contributed by atoms with Gasteiger partial charge in [0.25, 0.3) is 0 Å². The number of esters is 1. The fourth-order valence-electron chi connectivity index (χ4n) is 2.83. The van der Waals surface area contributed by atoms with Crippen LogP contribution in [0.2, 0.25) is 0 Å². The van der Waals surface area contributed by atoms with E-state index in [2.05, 4.69) is 5.32 Å². The second kappa shape index (κ2) is 9.43. The van der Waals surface area contributed by atoms with Gasteiger partial charge in [-0.25, -0.2) is 9.59 Å². The second-order valence-corrected chi connectivity index (χ2v) is 7.56. The molecule has 1 aliphatic heterocycles. The van der Waals surface area contributed by atoms with Gasteiger partial charge in [-0.1, -0.05) is 30.3 Å². The van der Waals surface area contributed by atoms with Crippen LogP contribution in [0.5, 0.6) is 0 Å². The zero-order chi connectivity index (χ0) is 20.7. The highest BCUT2D eigenvalue weighted by atomic mass is 16.6. The van der Waals surface area contributed by atoms with Crippen LogP contribution in [0.15, 0.2) is 30.3 Å². The average Bonchev–Trinajstić information content (AvgIpc) is 3.04. The summed E-state index contributed by atoms with van der Waals surface area (Å²) < 4.78 is 15.7. The molecule has 1 heterocycles. The smallest absolute Gasteiger partial charge is 0.410 e. The second-order valence-electron chi connectivity index (χ2n) is 7.56. The zero-order valence-electron chi connectivity index (χ0n) is 16.8. The first-order valence-electron chi connectivity index (χ1n) is 9.31. The molecule has 1 aromatic rings. The van der Waals surface area contributed by atoms with Crippen LogP contribution in [-0.2, 0) is 25.6 Å². The number of hydrogen-bond donors (Lipinski definition) is 1. The molecule has 28 heavy (non-hydrogen) atoms. The molecular formula is C20H28N2O6. The number of hydrogen-bond acceptors (Lipinski definition) is 6. The van der Waals surface area contributed by atoms with E-state index < -0.39 is 35.7 Å². The van der Waals surface area contributed by atoms with Gasteiger partial charge in [0.1, 0.15) is 12.2 Å². The van der Waals surface area contributed by atoms with Crippen molar-refractivity contribution in [3.8, 4) is 0 Å². The highest BCUT2D eigenvalue weighted by Crippen LogP contribution is 2.22. The minimum absolute atomic E-state index is 0.109. The van der Waals surface area contributed by atoms with Crippen LogP contribution in [0, 0.1) is 5.92 Å². The highest BCUT2D eigenvalue weighted by molar-refractivity contribution is 5.78. The average molecular weight is 392 g/mol. The van der Waals surface area contributed by atoms with Gasteiger partial charge in [-0.05, 0) is 33.3 Å². The Labute approximate surface area is 165 Å². The molecule has 0 bridgehead atoms. The first-order chi connectivity index (χ1) is 13.2. The van der Waals surface area contributed by atoms with Gasteiger partial charge in [0.2, 0.25) is 0 Å². The van der Waals surface area contributed by atoms with Gasteiger partial charge in [0.15, 0.2) is 0 Å². The molecule has 1 aliphatic rings. The molecule has 0 aliphatic carbocycles. The van der Waals surface area contributed by atoms with E-state index in [4.69, 9.17) is 14.2 Å².